The number of anilines is 1. The summed E-state index contributed by atoms with van der Waals surface area (Å²) < 4.78 is 12.0. The van der Waals surface area contributed by atoms with Crippen molar-refractivity contribution >= 4 is 11.9 Å². The lowest BCUT2D eigenvalue weighted by Crippen LogP contribution is -2.37. The van der Waals surface area contributed by atoms with Crippen molar-refractivity contribution in [2.24, 2.45) is 7.05 Å². The molecular formula is C19H22N6O3. The second kappa shape index (κ2) is 7.81. The first-order chi connectivity index (χ1) is 13.6. The van der Waals surface area contributed by atoms with Crippen molar-refractivity contribution in [2.75, 3.05) is 38.3 Å². The lowest BCUT2D eigenvalue weighted by atomic mass is 10.1. The molecule has 1 fully saturated rings. The summed E-state index contributed by atoms with van der Waals surface area (Å²) in [4.78, 5) is 21.0. The van der Waals surface area contributed by atoms with Gasteiger partial charge in [0.1, 0.15) is 12.0 Å². The Bertz CT molecular complexity index is 929. The van der Waals surface area contributed by atoms with Crippen LogP contribution in [0.1, 0.15) is 16.1 Å². The maximum atomic E-state index is 12.6. The first kappa shape index (κ1) is 18.2. The van der Waals surface area contributed by atoms with Crippen molar-refractivity contribution in [3.63, 3.8) is 0 Å². The number of hydrogen-bond donors (Lipinski definition) is 0. The molecule has 0 bridgehead atoms. The van der Waals surface area contributed by atoms with E-state index in [9.17, 15) is 4.79 Å². The number of morpholine rings is 1. The molecule has 2 aromatic heterocycles. The van der Waals surface area contributed by atoms with E-state index in [2.05, 4.69) is 20.1 Å². The van der Waals surface area contributed by atoms with E-state index in [1.807, 2.05) is 19.2 Å². The van der Waals surface area contributed by atoms with Gasteiger partial charge in [-0.2, -0.15) is 4.98 Å². The average molecular weight is 382 g/mol. The highest BCUT2D eigenvalue weighted by Crippen LogP contribution is 2.21. The second-order valence-corrected chi connectivity index (χ2v) is 6.69. The summed E-state index contributed by atoms with van der Waals surface area (Å²) in [5.41, 5.74) is 2.17. The largest absolute Gasteiger partial charge is 0.378 e. The van der Waals surface area contributed by atoms with Crippen LogP contribution in [0.15, 0.2) is 41.1 Å². The summed E-state index contributed by atoms with van der Waals surface area (Å²) in [6, 6.07) is 9.07. The summed E-state index contributed by atoms with van der Waals surface area (Å²) in [7, 11) is 3.62. The molecule has 0 unspecified atom stereocenters. The predicted molar refractivity (Wildman–Crippen MR) is 102 cm³/mol. The molecule has 0 saturated carbocycles. The van der Waals surface area contributed by atoms with E-state index >= 15 is 0 Å². The lowest BCUT2D eigenvalue weighted by molar-refractivity contribution is 0.0782. The minimum Gasteiger partial charge on any atom is -0.378 e. The minimum atomic E-state index is -0.0856. The molecule has 1 aliphatic heterocycles. The maximum Gasteiger partial charge on any atom is 0.253 e. The molecule has 0 N–H and O–H groups in total. The van der Waals surface area contributed by atoms with Crippen molar-refractivity contribution in [2.45, 2.75) is 6.54 Å². The third-order valence-electron chi connectivity index (χ3n) is 4.66. The molecule has 0 spiro atoms. The SMILES string of the molecule is CN(Cc1ccon1)C(=O)c1ccc(-c2nc(N3CCOCC3)n(C)n2)cc1. The molecule has 146 valence electrons. The Morgan fingerprint density at radius 1 is 1.18 bits per heavy atom. The second-order valence-electron chi connectivity index (χ2n) is 6.69. The third-order valence-corrected chi connectivity index (χ3v) is 4.66. The van der Waals surface area contributed by atoms with Crippen LogP contribution < -0.4 is 4.90 Å². The zero-order chi connectivity index (χ0) is 19.5. The Hall–Kier alpha value is -3.20. The highest BCUT2D eigenvalue weighted by atomic mass is 16.5. The van der Waals surface area contributed by atoms with Gasteiger partial charge in [0.15, 0.2) is 5.82 Å². The summed E-state index contributed by atoms with van der Waals surface area (Å²) in [6.07, 6.45) is 1.49. The molecule has 1 amide bonds. The van der Waals surface area contributed by atoms with E-state index in [1.54, 1.807) is 34.8 Å². The Morgan fingerprint density at radius 2 is 1.93 bits per heavy atom. The van der Waals surface area contributed by atoms with Crippen LogP contribution in [-0.4, -0.2) is 64.1 Å². The monoisotopic (exact) mass is 382 g/mol. The van der Waals surface area contributed by atoms with Crippen LogP contribution in [0.5, 0.6) is 0 Å². The minimum absolute atomic E-state index is 0.0856. The Morgan fingerprint density at radius 3 is 2.61 bits per heavy atom. The van der Waals surface area contributed by atoms with Crippen molar-refractivity contribution in [3.05, 3.63) is 47.9 Å². The fraction of sp³-hybridized carbons (Fsp3) is 0.368. The first-order valence-electron chi connectivity index (χ1n) is 9.11. The van der Waals surface area contributed by atoms with E-state index in [-0.39, 0.29) is 5.91 Å². The van der Waals surface area contributed by atoms with Crippen molar-refractivity contribution in [3.8, 4) is 11.4 Å². The van der Waals surface area contributed by atoms with Crippen LogP contribution in [0.3, 0.4) is 0 Å². The molecule has 0 atom stereocenters. The van der Waals surface area contributed by atoms with E-state index in [1.165, 1.54) is 6.26 Å². The van der Waals surface area contributed by atoms with Crippen molar-refractivity contribution in [1.82, 2.24) is 24.8 Å². The standard InChI is InChI=1S/C19H22N6O3/c1-23(13-16-7-10-28-22-16)18(26)15-5-3-14(4-6-15)17-20-19(24(2)21-17)25-8-11-27-12-9-25/h3-7,10H,8-9,11-13H2,1-2H3. The van der Waals surface area contributed by atoms with Gasteiger partial charge in [-0.3, -0.25) is 4.79 Å². The van der Waals surface area contributed by atoms with Gasteiger partial charge in [0.25, 0.3) is 5.91 Å². The molecule has 1 aliphatic rings. The van der Waals surface area contributed by atoms with Gasteiger partial charge in [-0.25, -0.2) is 4.68 Å². The highest BCUT2D eigenvalue weighted by molar-refractivity contribution is 5.94. The number of rotatable bonds is 5. The topological polar surface area (TPSA) is 89.5 Å². The van der Waals surface area contributed by atoms with Gasteiger partial charge in [-0.15, -0.1) is 5.10 Å². The lowest BCUT2D eigenvalue weighted by Gasteiger charge is -2.26. The van der Waals surface area contributed by atoms with Crippen LogP contribution in [-0.2, 0) is 18.3 Å². The Kier molecular flexibility index (Phi) is 5.07. The summed E-state index contributed by atoms with van der Waals surface area (Å²) in [6.45, 7) is 3.39. The normalized spacial score (nSPS) is 14.3. The van der Waals surface area contributed by atoms with Gasteiger partial charge in [-0.05, 0) is 12.1 Å². The first-order valence-corrected chi connectivity index (χ1v) is 9.11. The van der Waals surface area contributed by atoms with Gasteiger partial charge in [0, 0.05) is 44.4 Å². The van der Waals surface area contributed by atoms with Crippen LogP contribution in [0, 0.1) is 0 Å². The van der Waals surface area contributed by atoms with E-state index in [4.69, 9.17) is 9.26 Å². The number of aromatic nitrogens is 4. The maximum absolute atomic E-state index is 12.6. The van der Waals surface area contributed by atoms with Crippen LogP contribution in [0.4, 0.5) is 5.95 Å². The smallest absolute Gasteiger partial charge is 0.253 e. The molecule has 9 nitrogen and oxygen atoms in total. The zero-order valence-electron chi connectivity index (χ0n) is 15.9. The third kappa shape index (κ3) is 3.74. The summed E-state index contributed by atoms with van der Waals surface area (Å²) in [5, 5.41) is 8.36. The Labute approximate surface area is 162 Å². The van der Waals surface area contributed by atoms with Gasteiger partial charge in [-0.1, -0.05) is 17.3 Å². The van der Waals surface area contributed by atoms with Gasteiger partial charge in [0.2, 0.25) is 5.95 Å². The number of ether oxygens (including phenoxy) is 1. The summed E-state index contributed by atoms with van der Waals surface area (Å²) in [5.74, 6) is 1.38. The molecule has 0 radical (unpaired) electrons. The van der Waals surface area contributed by atoms with Gasteiger partial charge in [0.05, 0.1) is 19.8 Å². The fourth-order valence-corrected chi connectivity index (χ4v) is 3.15. The van der Waals surface area contributed by atoms with Crippen molar-refractivity contribution in [1.29, 1.82) is 0 Å². The molecule has 1 saturated heterocycles. The number of carbonyl (C=O) groups excluding carboxylic acids is 1. The molecule has 28 heavy (non-hydrogen) atoms. The highest BCUT2D eigenvalue weighted by Gasteiger charge is 2.19. The predicted octanol–water partition coefficient (Wildman–Crippen LogP) is 1.58. The number of benzene rings is 1. The number of nitrogens with zero attached hydrogens (tertiary/aromatic N) is 6. The van der Waals surface area contributed by atoms with Crippen LogP contribution >= 0.6 is 0 Å². The van der Waals surface area contributed by atoms with Gasteiger partial charge < -0.3 is 19.1 Å². The van der Waals surface area contributed by atoms with Gasteiger partial charge >= 0.3 is 0 Å². The molecule has 9 heteroatoms. The molecule has 1 aromatic carbocycles. The average Bonchev–Trinajstić information content (AvgIpc) is 3.38. The quantitative estimate of drug-likeness (QED) is 0.662. The number of aryl methyl sites for hydroxylation is 1. The molecule has 4 rings (SSSR count). The number of amides is 1. The Balaban J connectivity index is 1.48. The van der Waals surface area contributed by atoms with Crippen LogP contribution in [0.2, 0.25) is 0 Å². The molecule has 3 heterocycles. The van der Waals surface area contributed by atoms with E-state index in [0.717, 1.165) is 24.6 Å². The molecular weight excluding hydrogens is 360 g/mol. The van der Waals surface area contributed by atoms with Crippen LogP contribution in [0.25, 0.3) is 11.4 Å². The molecule has 0 aliphatic carbocycles. The number of carbonyl (C=O) groups is 1. The van der Waals surface area contributed by atoms with E-state index in [0.29, 0.717) is 36.8 Å². The zero-order valence-corrected chi connectivity index (χ0v) is 15.9. The molecule has 3 aromatic rings. The van der Waals surface area contributed by atoms with Crippen molar-refractivity contribution < 1.29 is 14.1 Å². The van der Waals surface area contributed by atoms with E-state index < -0.39 is 0 Å². The summed E-state index contributed by atoms with van der Waals surface area (Å²) >= 11 is 0. The fourth-order valence-electron chi connectivity index (χ4n) is 3.15. The number of hydrogen-bond acceptors (Lipinski definition) is 7.